The molecule has 0 saturated carbocycles. The van der Waals surface area contributed by atoms with E-state index in [0.29, 0.717) is 10.5 Å². The summed E-state index contributed by atoms with van der Waals surface area (Å²) in [6.07, 6.45) is 0. The van der Waals surface area contributed by atoms with Crippen LogP contribution >= 0.6 is 12.6 Å². The normalized spacial score (nSPS) is 10.2. The Balaban J connectivity index is 2.50. The highest BCUT2D eigenvalue weighted by Gasteiger charge is 2.07. The van der Waals surface area contributed by atoms with Crippen molar-refractivity contribution in [1.82, 2.24) is 0 Å². The van der Waals surface area contributed by atoms with Crippen molar-refractivity contribution in [3.8, 4) is 11.1 Å². The molecule has 0 aliphatic rings. The maximum atomic E-state index is 11.2. The molecule has 0 radical (unpaired) electrons. The number of rotatable bonds is 2. The van der Waals surface area contributed by atoms with Gasteiger partial charge >= 0.3 is 0 Å². The molecule has 0 unspecified atom stereocenters. The van der Waals surface area contributed by atoms with Crippen LogP contribution in [0.15, 0.2) is 47.4 Å². The van der Waals surface area contributed by atoms with E-state index in [9.17, 15) is 4.79 Å². The van der Waals surface area contributed by atoms with Gasteiger partial charge in [0.1, 0.15) is 0 Å². The highest BCUT2D eigenvalue weighted by atomic mass is 32.1. The summed E-state index contributed by atoms with van der Waals surface area (Å²) in [6.45, 7) is 2.04. The van der Waals surface area contributed by atoms with E-state index in [0.717, 1.165) is 11.1 Å². The number of carbonyl (C=O) groups excluding carboxylic acids is 1. The first kappa shape index (κ1) is 11.7. The molecule has 0 spiro atoms. The molecule has 3 heteroatoms. The van der Waals surface area contributed by atoms with Crippen molar-refractivity contribution in [3.63, 3.8) is 0 Å². The largest absolute Gasteiger partial charge is 0.366 e. The molecule has 2 aromatic rings. The Morgan fingerprint density at radius 2 is 1.65 bits per heavy atom. The standard InChI is InChI=1S/C14H13NOS/c1-9-2-4-10(5-3-9)11-6-7-13(17)12(8-11)14(15)16/h2-8,17H,1H3,(H2,15,16). The Morgan fingerprint density at radius 3 is 2.24 bits per heavy atom. The average Bonchev–Trinajstić information content (AvgIpc) is 2.30. The number of aryl methyl sites for hydroxylation is 1. The SMILES string of the molecule is Cc1ccc(-c2ccc(S)c(C(N)=O)c2)cc1. The van der Waals surface area contributed by atoms with E-state index in [1.165, 1.54) is 5.56 Å². The fourth-order valence-corrected chi connectivity index (χ4v) is 1.91. The number of amides is 1. The quantitative estimate of drug-likeness (QED) is 0.782. The van der Waals surface area contributed by atoms with Gasteiger partial charge in [-0.2, -0.15) is 0 Å². The molecule has 0 aliphatic carbocycles. The Hall–Kier alpha value is -1.74. The van der Waals surface area contributed by atoms with Gasteiger partial charge in [0.2, 0.25) is 5.91 Å². The third-order valence-corrected chi connectivity index (χ3v) is 3.04. The van der Waals surface area contributed by atoms with Crippen molar-refractivity contribution in [1.29, 1.82) is 0 Å². The lowest BCUT2D eigenvalue weighted by Crippen LogP contribution is -2.11. The Bertz CT molecular complexity index is 561. The average molecular weight is 243 g/mol. The van der Waals surface area contributed by atoms with Crippen LogP contribution in [0.5, 0.6) is 0 Å². The van der Waals surface area contributed by atoms with Gasteiger partial charge in [-0.1, -0.05) is 35.9 Å². The summed E-state index contributed by atoms with van der Waals surface area (Å²) in [5.74, 6) is -0.455. The maximum Gasteiger partial charge on any atom is 0.249 e. The van der Waals surface area contributed by atoms with Crippen LogP contribution in [-0.4, -0.2) is 5.91 Å². The zero-order valence-corrected chi connectivity index (χ0v) is 10.4. The molecule has 17 heavy (non-hydrogen) atoms. The van der Waals surface area contributed by atoms with Crippen LogP contribution in [0.3, 0.4) is 0 Å². The van der Waals surface area contributed by atoms with E-state index in [2.05, 4.69) is 12.6 Å². The summed E-state index contributed by atoms with van der Waals surface area (Å²) < 4.78 is 0. The molecular formula is C14H13NOS. The number of nitrogens with two attached hydrogens (primary N) is 1. The van der Waals surface area contributed by atoms with Gasteiger partial charge in [0.25, 0.3) is 0 Å². The minimum Gasteiger partial charge on any atom is -0.366 e. The molecule has 86 valence electrons. The van der Waals surface area contributed by atoms with Gasteiger partial charge in [0.15, 0.2) is 0 Å². The number of hydrogen-bond acceptors (Lipinski definition) is 2. The Labute approximate surface area is 106 Å². The molecule has 1 amide bonds. The number of benzene rings is 2. The lowest BCUT2D eigenvalue weighted by Gasteiger charge is -2.06. The molecule has 2 nitrogen and oxygen atoms in total. The summed E-state index contributed by atoms with van der Waals surface area (Å²) in [4.78, 5) is 11.8. The van der Waals surface area contributed by atoms with Gasteiger partial charge in [-0.25, -0.2) is 0 Å². The van der Waals surface area contributed by atoms with Gasteiger partial charge in [0.05, 0.1) is 5.56 Å². The molecule has 0 aromatic heterocycles. The van der Waals surface area contributed by atoms with Crippen LogP contribution in [-0.2, 0) is 0 Å². The molecule has 0 aliphatic heterocycles. The van der Waals surface area contributed by atoms with E-state index in [-0.39, 0.29) is 0 Å². The first-order valence-corrected chi connectivity index (χ1v) is 5.72. The molecule has 2 rings (SSSR count). The fourth-order valence-electron chi connectivity index (χ4n) is 1.66. The number of primary amides is 1. The smallest absolute Gasteiger partial charge is 0.249 e. The maximum absolute atomic E-state index is 11.2. The van der Waals surface area contributed by atoms with Crippen molar-refractivity contribution in [2.24, 2.45) is 5.73 Å². The van der Waals surface area contributed by atoms with E-state index in [1.807, 2.05) is 37.3 Å². The zero-order valence-electron chi connectivity index (χ0n) is 9.47. The lowest BCUT2D eigenvalue weighted by molar-refractivity contribution is 0.0997. The summed E-state index contributed by atoms with van der Waals surface area (Å²) in [6, 6.07) is 13.6. The predicted molar refractivity (Wildman–Crippen MR) is 72.4 cm³/mol. The summed E-state index contributed by atoms with van der Waals surface area (Å²) in [5.41, 5.74) is 8.98. The van der Waals surface area contributed by atoms with Gasteiger partial charge < -0.3 is 5.73 Å². The monoisotopic (exact) mass is 243 g/mol. The Morgan fingerprint density at radius 1 is 1.06 bits per heavy atom. The van der Waals surface area contributed by atoms with Crippen LogP contribution in [0, 0.1) is 6.92 Å². The van der Waals surface area contributed by atoms with Gasteiger partial charge in [-0.3, -0.25) is 4.79 Å². The number of carbonyl (C=O) groups is 1. The van der Waals surface area contributed by atoms with Crippen LogP contribution < -0.4 is 5.73 Å². The van der Waals surface area contributed by atoms with Crippen molar-refractivity contribution in [3.05, 3.63) is 53.6 Å². The summed E-state index contributed by atoms with van der Waals surface area (Å²) in [7, 11) is 0. The van der Waals surface area contributed by atoms with E-state index in [4.69, 9.17) is 5.73 Å². The first-order valence-electron chi connectivity index (χ1n) is 5.28. The van der Waals surface area contributed by atoms with Crippen LogP contribution in [0.25, 0.3) is 11.1 Å². The van der Waals surface area contributed by atoms with Crippen LogP contribution in [0.1, 0.15) is 15.9 Å². The summed E-state index contributed by atoms with van der Waals surface area (Å²) in [5, 5.41) is 0. The molecule has 0 atom stereocenters. The highest BCUT2D eigenvalue weighted by molar-refractivity contribution is 7.80. The molecule has 0 heterocycles. The fraction of sp³-hybridized carbons (Fsp3) is 0.0714. The lowest BCUT2D eigenvalue weighted by atomic mass is 10.0. The predicted octanol–water partition coefficient (Wildman–Crippen LogP) is 3.05. The molecule has 0 saturated heterocycles. The molecule has 0 bridgehead atoms. The summed E-state index contributed by atoms with van der Waals surface area (Å²) >= 11 is 4.21. The minimum absolute atomic E-state index is 0.450. The van der Waals surface area contributed by atoms with Crippen molar-refractivity contribution in [2.75, 3.05) is 0 Å². The minimum atomic E-state index is -0.455. The Kier molecular flexibility index (Phi) is 3.20. The molecule has 2 aromatic carbocycles. The van der Waals surface area contributed by atoms with Gasteiger partial charge in [-0.05, 0) is 30.2 Å². The molecule has 0 fully saturated rings. The topological polar surface area (TPSA) is 43.1 Å². The second-order valence-electron chi connectivity index (χ2n) is 3.96. The molecule has 2 N–H and O–H groups in total. The van der Waals surface area contributed by atoms with Gasteiger partial charge in [-0.15, -0.1) is 12.6 Å². The van der Waals surface area contributed by atoms with Gasteiger partial charge in [0, 0.05) is 4.90 Å². The van der Waals surface area contributed by atoms with E-state index >= 15 is 0 Å². The van der Waals surface area contributed by atoms with Crippen LogP contribution in [0.4, 0.5) is 0 Å². The third-order valence-electron chi connectivity index (χ3n) is 2.65. The second kappa shape index (κ2) is 4.63. The number of hydrogen-bond donors (Lipinski definition) is 2. The van der Waals surface area contributed by atoms with Crippen molar-refractivity contribution < 1.29 is 4.79 Å². The zero-order chi connectivity index (χ0) is 12.4. The van der Waals surface area contributed by atoms with Crippen molar-refractivity contribution >= 4 is 18.5 Å². The van der Waals surface area contributed by atoms with E-state index < -0.39 is 5.91 Å². The first-order chi connectivity index (χ1) is 8.08. The number of thiol groups is 1. The van der Waals surface area contributed by atoms with Crippen molar-refractivity contribution in [2.45, 2.75) is 11.8 Å². The van der Waals surface area contributed by atoms with E-state index in [1.54, 1.807) is 12.1 Å². The highest BCUT2D eigenvalue weighted by Crippen LogP contribution is 2.24. The second-order valence-corrected chi connectivity index (χ2v) is 4.44. The molecular weight excluding hydrogens is 230 g/mol. The van der Waals surface area contributed by atoms with Crippen LogP contribution in [0.2, 0.25) is 0 Å². The third kappa shape index (κ3) is 2.50.